The van der Waals surface area contributed by atoms with E-state index in [1.807, 2.05) is 56.4 Å². The molecule has 1 saturated heterocycles. The average Bonchev–Trinajstić information content (AvgIpc) is 3.17. The number of nitrogens with one attached hydrogen (secondary N) is 2. The summed E-state index contributed by atoms with van der Waals surface area (Å²) in [6.45, 7) is 2.04. The highest BCUT2D eigenvalue weighted by Gasteiger charge is 2.33. The van der Waals surface area contributed by atoms with Crippen LogP contribution >= 0.6 is 0 Å². The zero-order valence-corrected chi connectivity index (χ0v) is 14.9. The lowest BCUT2D eigenvalue weighted by Gasteiger charge is -2.28. The fourth-order valence-corrected chi connectivity index (χ4v) is 3.16. The number of amides is 1. The summed E-state index contributed by atoms with van der Waals surface area (Å²) in [5, 5.41) is 0. The summed E-state index contributed by atoms with van der Waals surface area (Å²) < 4.78 is 5.19. The molecule has 0 radical (unpaired) electrons. The lowest BCUT2D eigenvalue weighted by Crippen LogP contribution is -2.44. The maximum Gasteiger partial charge on any atom is 0.241 e. The Kier molecular flexibility index (Phi) is 5.36. The van der Waals surface area contributed by atoms with Gasteiger partial charge in [-0.2, -0.15) is 0 Å². The van der Waals surface area contributed by atoms with Gasteiger partial charge in [0.15, 0.2) is 0 Å². The Labute approximate surface area is 149 Å². The lowest BCUT2D eigenvalue weighted by molar-refractivity contribution is -0.133. The third-order valence-electron chi connectivity index (χ3n) is 4.93. The van der Waals surface area contributed by atoms with Crippen molar-refractivity contribution in [1.29, 1.82) is 0 Å². The van der Waals surface area contributed by atoms with Crippen molar-refractivity contribution in [2.45, 2.75) is 31.5 Å². The van der Waals surface area contributed by atoms with Crippen molar-refractivity contribution in [3.63, 3.8) is 0 Å². The second kappa shape index (κ2) is 7.68. The van der Waals surface area contributed by atoms with Gasteiger partial charge in [0.1, 0.15) is 11.8 Å². The molecule has 0 bridgehead atoms. The Bertz CT molecular complexity index is 703. The highest BCUT2D eigenvalue weighted by molar-refractivity contribution is 5.82. The summed E-state index contributed by atoms with van der Waals surface area (Å²) in [6, 6.07) is 18.0. The van der Waals surface area contributed by atoms with Crippen LogP contribution in [0.5, 0.6) is 5.75 Å². The van der Waals surface area contributed by atoms with Crippen LogP contribution < -0.4 is 15.6 Å². The van der Waals surface area contributed by atoms with Crippen LogP contribution in [-0.4, -0.2) is 31.0 Å². The van der Waals surface area contributed by atoms with E-state index in [0.29, 0.717) is 0 Å². The van der Waals surface area contributed by atoms with Gasteiger partial charge in [0.25, 0.3) is 0 Å². The number of methoxy groups -OCH3 is 1. The lowest BCUT2D eigenvalue weighted by atomic mass is 10.0. The molecule has 1 fully saturated rings. The Balaban J connectivity index is 1.64. The van der Waals surface area contributed by atoms with Crippen molar-refractivity contribution in [3.05, 3.63) is 65.7 Å². The normalized spacial score (nSPS) is 20.9. The fourth-order valence-electron chi connectivity index (χ4n) is 3.16. The SMILES string of the molecule is COc1ccc(C(C)N(C)C(=O)C2CC(c3ccccc3)NN2)cc1. The van der Waals surface area contributed by atoms with E-state index in [2.05, 4.69) is 23.0 Å². The van der Waals surface area contributed by atoms with E-state index in [1.54, 1.807) is 12.0 Å². The maximum atomic E-state index is 12.9. The number of hydrogen-bond acceptors (Lipinski definition) is 4. The smallest absolute Gasteiger partial charge is 0.241 e. The molecule has 0 aliphatic carbocycles. The van der Waals surface area contributed by atoms with Crippen molar-refractivity contribution in [2.75, 3.05) is 14.2 Å². The van der Waals surface area contributed by atoms with Crippen LogP contribution in [0.3, 0.4) is 0 Å². The predicted octanol–water partition coefficient (Wildman–Crippen LogP) is 2.82. The van der Waals surface area contributed by atoms with Gasteiger partial charge in [-0.05, 0) is 36.6 Å². The molecule has 2 aromatic rings. The summed E-state index contributed by atoms with van der Waals surface area (Å²) in [7, 11) is 3.50. The van der Waals surface area contributed by atoms with Gasteiger partial charge in [-0.25, -0.2) is 10.9 Å². The van der Waals surface area contributed by atoms with Gasteiger partial charge < -0.3 is 9.64 Å². The topological polar surface area (TPSA) is 53.6 Å². The third kappa shape index (κ3) is 3.83. The molecule has 25 heavy (non-hydrogen) atoms. The first-order valence-electron chi connectivity index (χ1n) is 8.56. The molecule has 3 rings (SSSR count). The number of benzene rings is 2. The molecule has 3 unspecified atom stereocenters. The number of nitrogens with zero attached hydrogens (tertiary/aromatic N) is 1. The molecule has 3 atom stereocenters. The predicted molar refractivity (Wildman–Crippen MR) is 98.0 cm³/mol. The quantitative estimate of drug-likeness (QED) is 0.879. The van der Waals surface area contributed by atoms with Gasteiger partial charge in [-0.1, -0.05) is 42.5 Å². The summed E-state index contributed by atoms with van der Waals surface area (Å²) in [6.07, 6.45) is 0.739. The molecular weight excluding hydrogens is 314 g/mol. The Morgan fingerprint density at radius 3 is 2.44 bits per heavy atom. The first kappa shape index (κ1) is 17.5. The Morgan fingerprint density at radius 2 is 1.80 bits per heavy atom. The zero-order valence-electron chi connectivity index (χ0n) is 14.9. The number of carbonyl (C=O) groups is 1. The largest absolute Gasteiger partial charge is 0.497 e. The molecule has 1 aliphatic rings. The molecule has 2 aromatic carbocycles. The zero-order chi connectivity index (χ0) is 17.8. The monoisotopic (exact) mass is 339 g/mol. The third-order valence-corrected chi connectivity index (χ3v) is 4.93. The Hall–Kier alpha value is -2.37. The first-order valence-corrected chi connectivity index (χ1v) is 8.56. The molecule has 132 valence electrons. The first-order chi connectivity index (χ1) is 12.1. The number of rotatable bonds is 5. The van der Waals surface area contributed by atoms with E-state index in [1.165, 1.54) is 5.56 Å². The Morgan fingerprint density at radius 1 is 1.12 bits per heavy atom. The molecule has 0 saturated carbocycles. The minimum absolute atomic E-state index is 0.00372. The fraction of sp³-hybridized carbons (Fsp3) is 0.350. The van der Waals surface area contributed by atoms with Crippen molar-refractivity contribution < 1.29 is 9.53 Å². The molecule has 5 nitrogen and oxygen atoms in total. The summed E-state index contributed by atoms with van der Waals surface area (Å²) in [4.78, 5) is 14.7. The van der Waals surface area contributed by atoms with Gasteiger partial charge in [0.2, 0.25) is 5.91 Å². The van der Waals surface area contributed by atoms with Crippen LogP contribution in [0.4, 0.5) is 0 Å². The molecule has 1 aliphatic heterocycles. The summed E-state index contributed by atoms with van der Waals surface area (Å²) in [5.74, 6) is 0.909. The highest BCUT2D eigenvalue weighted by Crippen LogP contribution is 2.26. The van der Waals surface area contributed by atoms with Gasteiger partial charge in [0.05, 0.1) is 13.2 Å². The molecule has 5 heteroatoms. The van der Waals surface area contributed by atoms with Crippen LogP contribution in [0.2, 0.25) is 0 Å². The second-order valence-electron chi connectivity index (χ2n) is 6.44. The number of ether oxygens (including phenoxy) is 1. The van der Waals surface area contributed by atoms with E-state index in [-0.39, 0.29) is 24.0 Å². The van der Waals surface area contributed by atoms with Crippen LogP contribution in [-0.2, 0) is 4.79 Å². The number of carbonyl (C=O) groups excluding carboxylic acids is 1. The van der Waals surface area contributed by atoms with Crippen LogP contribution in [0.25, 0.3) is 0 Å². The second-order valence-corrected chi connectivity index (χ2v) is 6.44. The summed E-state index contributed by atoms with van der Waals surface area (Å²) in [5.41, 5.74) is 8.66. The molecule has 2 N–H and O–H groups in total. The van der Waals surface area contributed by atoms with E-state index in [9.17, 15) is 4.79 Å². The molecule has 0 spiro atoms. The summed E-state index contributed by atoms with van der Waals surface area (Å²) >= 11 is 0. The van der Waals surface area contributed by atoms with Gasteiger partial charge >= 0.3 is 0 Å². The van der Waals surface area contributed by atoms with Crippen molar-refractivity contribution in [1.82, 2.24) is 15.8 Å². The number of hydrazine groups is 1. The minimum Gasteiger partial charge on any atom is -0.497 e. The minimum atomic E-state index is -0.226. The van der Waals surface area contributed by atoms with Crippen LogP contribution in [0.1, 0.15) is 36.6 Å². The number of likely N-dealkylation sites (N-methyl/N-ethyl adjacent to an activating group) is 1. The van der Waals surface area contributed by atoms with E-state index >= 15 is 0 Å². The molecule has 1 heterocycles. The van der Waals surface area contributed by atoms with Gasteiger partial charge in [-0.3, -0.25) is 4.79 Å². The standard InChI is InChI=1S/C20H25N3O2/c1-14(15-9-11-17(25-3)12-10-15)23(2)20(24)19-13-18(21-22-19)16-7-5-4-6-8-16/h4-12,14,18-19,21-22H,13H2,1-3H3. The van der Waals surface area contributed by atoms with E-state index in [0.717, 1.165) is 17.7 Å². The van der Waals surface area contributed by atoms with E-state index in [4.69, 9.17) is 4.74 Å². The van der Waals surface area contributed by atoms with Crippen LogP contribution in [0, 0.1) is 0 Å². The maximum absolute atomic E-state index is 12.9. The molecule has 1 amide bonds. The average molecular weight is 339 g/mol. The van der Waals surface area contributed by atoms with Gasteiger partial charge in [-0.15, -0.1) is 0 Å². The van der Waals surface area contributed by atoms with Crippen molar-refractivity contribution >= 4 is 5.91 Å². The molecular formula is C20H25N3O2. The van der Waals surface area contributed by atoms with Crippen molar-refractivity contribution in [2.24, 2.45) is 0 Å². The molecule has 0 aromatic heterocycles. The van der Waals surface area contributed by atoms with Gasteiger partial charge in [0, 0.05) is 13.1 Å². The van der Waals surface area contributed by atoms with E-state index < -0.39 is 0 Å². The van der Waals surface area contributed by atoms with Crippen LogP contribution in [0.15, 0.2) is 54.6 Å². The number of hydrogen-bond donors (Lipinski definition) is 2. The van der Waals surface area contributed by atoms with Crippen molar-refractivity contribution in [3.8, 4) is 5.75 Å². The highest BCUT2D eigenvalue weighted by atomic mass is 16.5.